The van der Waals surface area contributed by atoms with Crippen LogP contribution in [0.25, 0.3) is 32.6 Å². The highest BCUT2D eigenvalue weighted by molar-refractivity contribution is 7.22. The number of fused-ring (bicyclic) bond motifs is 1. The second kappa shape index (κ2) is 9.25. The molecular weight excluding hydrogens is 452 g/mol. The summed E-state index contributed by atoms with van der Waals surface area (Å²) in [6.07, 6.45) is 4.08. The highest BCUT2D eigenvalue weighted by atomic mass is 32.1. The van der Waals surface area contributed by atoms with Crippen molar-refractivity contribution in [1.29, 1.82) is 0 Å². The Morgan fingerprint density at radius 3 is 2.73 bits per heavy atom. The van der Waals surface area contributed by atoms with Gasteiger partial charge < -0.3 is 10.1 Å². The molecule has 0 bridgehead atoms. The van der Waals surface area contributed by atoms with Crippen LogP contribution >= 0.6 is 11.3 Å². The Balaban J connectivity index is 1.95. The van der Waals surface area contributed by atoms with Gasteiger partial charge in [0.2, 0.25) is 0 Å². The maximum absolute atomic E-state index is 15.6. The number of carbonyl (C=O) groups excluding carboxylic acids is 2. The van der Waals surface area contributed by atoms with Crippen molar-refractivity contribution >= 4 is 38.7 Å². The first kappa shape index (κ1) is 22.2. The van der Waals surface area contributed by atoms with Crippen LogP contribution in [0, 0.1) is 11.6 Å². The standard InChI is InChI=1S/C22H17F2N5O3S/c1-3-26-21(31)29-22-28-18-16(24)13(11-7-12(10-25-9-11)20(30)32-2)8-14(19(18)33-22)17-15(23)5-4-6-27-17/h4-10H,3H2,1-2H3,(H2,26,28,29,31). The van der Waals surface area contributed by atoms with Gasteiger partial charge in [-0.3, -0.25) is 15.3 Å². The highest BCUT2D eigenvalue weighted by Crippen LogP contribution is 2.41. The molecule has 2 amide bonds. The molecule has 0 saturated heterocycles. The predicted octanol–water partition coefficient (Wildman–Crippen LogP) is 4.63. The molecule has 0 aliphatic heterocycles. The number of halogens is 2. The third-order valence-electron chi connectivity index (χ3n) is 4.65. The van der Waals surface area contributed by atoms with Crippen molar-refractivity contribution < 1.29 is 23.1 Å². The fraction of sp³-hybridized carbons (Fsp3) is 0.136. The molecular formula is C22H17F2N5O3S. The van der Waals surface area contributed by atoms with E-state index in [4.69, 9.17) is 4.74 Å². The van der Waals surface area contributed by atoms with E-state index in [0.29, 0.717) is 11.2 Å². The number of esters is 1. The average Bonchev–Trinajstić information content (AvgIpc) is 3.24. The van der Waals surface area contributed by atoms with E-state index in [1.54, 1.807) is 6.92 Å². The first-order valence-corrected chi connectivity index (χ1v) is 10.6. The Bertz CT molecular complexity index is 1380. The Morgan fingerprint density at radius 2 is 2.00 bits per heavy atom. The number of benzene rings is 1. The minimum atomic E-state index is -0.714. The number of nitrogens with one attached hydrogen (secondary N) is 2. The summed E-state index contributed by atoms with van der Waals surface area (Å²) in [5.41, 5.74) is 0.625. The van der Waals surface area contributed by atoms with E-state index in [1.807, 2.05) is 0 Å². The van der Waals surface area contributed by atoms with Gasteiger partial charge >= 0.3 is 12.0 Å². The van der Waals surface area contributed by atoms with Gasteiger partial charge in [0.1, 0.15) is 17.0 Å². The van der Waals surface area contributed by atoms with Crippen molar-refractivity contribution in [2.24, 2.45) is 0 Å². The minimum absolute atomic E-state index is 0.00552. The second-order valence-corrected chi connectivity index (χ2v) is 7.75. The van der Waals surface area contributed by atoms with E-state index in [1.165, 1.54) is 50.0 Å². The number of carbonyl (C=O) groups is 2. The molecule has 8 nitrogen and oxygen atoms in total. The van der Waals surface area contributed by atoms with Crippen LogP contribution in [-0.4, -0.2) is 40.6 Å². The Morgan fingerprint density at radius 1 is 1.18 bits per heavy atom. The summed E-state index contributed by atoms with van der Waals surface area (Å²) in [5, 5.41) is 5.24. The van der Waals surface area contributed by atoms with Crippen LogP contribution in [0.1, 0.15) is 17.3 Å². The SMILES string of the molecule is CCNC(=O)Nc1nc2c(F)c(-c3cncc(C(=O)OC)c3)cc(-c3ncccc3F)c2s1. The van der Waals surface area contributed by atoms with Crippen LogP contribution in [0.2, 0.25) is 0 Å². The third kappa shape index (κ3) is 4.35. The van der Waals surface area contributed by atoms with Gasteiger partial charge in [-0.25, -0.2) is 23.4 Å². The third-order valence-corrected chi connectivity index (χ3v) is 5.65. The zero-order valence-electron chi connectivity index (χ0n) is 17.5. The second-order valence-electron chi connectivity index (χ2n) is 6.75. The van der Waals surface area contributed by atoms with Crippen LogP contribution in [0.3, 0.4) is 0 Å². The molecule has 3 heterocycles. The Hall–Kier alpha value is -3.99. The quantitative estimate of drug-likeness (QED) is 0.413. The summed E-state index contributed by atoms with van der Waals surface area (Å²) in [6.45, 7) is 2.14. The summed E-state index contributed by atoms with van der Waals surface area (Å²) in [5.74, 6) is -1.96. The van der Waals surface area contributed by atoms with E-state index < -0.39 is 23.6 Å². The summed E-state index contributed by atoms with van der Waals surface area (Å²) in [4.78, 5) is 36.2. The van der Waals surface area contributed by atoms with Gasteiger partial charge in [0, 0.05) is 41.8 Å². The maximum Gasteiger partial charge on any atom is 0.339 e. The first-order valence-electron chi connectivity index (χ1n) is 9.75. The van der Waals surface area contributed by atoms with Gasteiger partial charge in [0.05, 0.1) is 17.4 Å². The maximum atomic E-state index is 15.6. The topological polar surface area (TPSA) is 106 Å². The molecule has 0 aliphatic rings. The molecule has 0 fully saturated rings. The van der Waals surface area contributed by atoms with Crippen molar-refractivity contribution in [3.05, 3.63) is 60.1 Å². The van der Waals surface area contributed by atoms with Crippen LogP contribution < -0.4 is 10.6 Å². The molecule has 0 atom stereocenters. The number of ether oxygens (including phenoxy) is 1. The monoisotopic (exact) mass is 469 g/mol. The van der Waals surface area contributed by atoms with Gasteiger partial charge in [-0.1, -0.05) is 11.3 Å². The largest absolute Gasteiger partial charge is 0.465 e. The molecule has 0 unspecified atom stereocenters. The lowest BCUT2D eigenvalue weighted by molar-refractivity contribution is 0.0600. The number of hydrogen-bond donors (Lipinski definition) is 2. The molecule has 4 rings (SSSR count). The predicted molar refractivity (Wildman–Crippen MR) is 120 cm³/mol. The molecule has 0 spiro atoms. The number of amides is 2. The number of nitrogens with zero attached hydrogens (tertiary/aromatic N) is 3. The van der Waals surface area contributed by atoms with Crippen molar-refractivity contribution in [3.8, 4) is 22.4 Å². The fourth-order valence-corrected chi connectivity index (χ4v) is 4.17. The number of methoxy groups -OCH3 is 1. The number of aromatic nitrogens is 3. The lowest BCUT2D eigenvalue weighted by atomic mass is 10.00. The van der Waals surface area contributed by atoms with E-state index in [9.17, 15) is 14.0 Å². The van der Waals surface area contributed by atoms with Crippen molar-refractivity contribution in [2.75, 3.05) is 19.0 Å². The number of rotatable bonds is 5. The van der Waals surface area contributed by atoms with Gasteiger partial charge in [-0.2, -0.15) is 0 Å². The number of pyridine rings is 2. The van der Waals surface area contributed by atoms with Crippen LogP contribution in [0.4, 0.5) is 18.7 Å². The smallest absolute Gasteiger partial charge is 0.339 e. The fourth-order valence-electron chi connectivity index (χ4n) is 3.19. The molecule has 2 N–H and O–H groups in total. The van der Waals surface area contributed by atoms with Gasteiger partial charge in [0.15, 0.2) is 10.9 Å². The Labute approximate surface area is 190 Å². The van der Waals surface area contributed by atoms with Crippen molar-refractivity contribution in [1.82, 2.24) is 20.3 Å². The molecule has 0 saturated carbocycles. The van der Waals surface area contributed by atoms with Crippen molar-refractivity contribution in [2.45, 2.75) is 6.92 Å². The number of anilines is 1. The van der Waals surface area contributed by atoms with Gasteiger partial charge in [0.25, 0.3) is 0 Å². The highest BCUT2D eigenvalue weighted by Gasteiger charge is 2.22. The molecule has 1 aromatic carbocycles. The van der Waals surface area contributed by atoms with E-state index in [-0.39, 0.29) is 38.6 Å². The van der Waals surface area contributed by atoms with E-state index >= 15 is 4.39 Å². The number of hydrogen-bond acceptors (Lipinski definition) is 7. The average molecular weight is 469 g/mol. The molecule has 3 aromatic heterocycles. The lowest BCUT2D eigenvalue weighted by Gasteiger charge is -2.10. The van der Waals surface area contributed by atoms with E-state index in [2.05, 4.69) is 25.6 Å². The summed E-state index contributed by atoms with van der Waals surface area (Å²) in [7, 11) is 1.22. The summed E-state index contributed by atoms with van der Waals surface area (Å²) >= 11 is 0.992. The molecule has 4 aromatic rings. The molecule has 0 aliphatic carbocycles. The molecule has 0 radical (unpaired) electrons. The first-order chi connectivity index (χ1) is 15.9. The molecule has 168 valence electrons. The van der Waals surface area contributed by atoms with E-state index in [0.717, 1.165) is 11.3 Å². The zero-order valence-corrected chi connectivity index (χ0v) is 18.3. The minimum Gasteiger partial charge on any atom is -0.465 e. The van der Waals surface area contributed by atoms with Crippen LogP contribution in [0.15, 0.2) is 42.9 Å². The van der Waals surface area contributed by atoms with Crippen LogP contribution in [-0.2, 0) is 4.74 Å². The number of thiazole rings is 1. The Kier molecular flexibility index (Phi) is 6.22. The molecule has 33 heavy (non-hydrogen) atoms. The van der Waals surface area contributed by atoms with Gasteiger partial charge in [-0.05, 0) is 31.2 Å². The normalized spacial score (nSPS) is 10.8. The number of urea groups is 1. The van der Waals surface area contributed by atoms with Gasteiger partial charge in [-0.15, -0.1) is 0 Å². The van der Waals surface area contributed by atoms with Crippen molar-refractivity contribution in [3.63, 3.8) is 0 Å². The molecule has 11 heteroatoms. The summed E-state index contributed by atoms with van der Waals surface area (Å²) < 4.78 is 35.3. The van der Waals surface area contributed by atoms with Crippen LogP contribution in [0.5, 0.6) is 0 Å². The lowest BCUT2D eigenvalue weighted by Crippen LogP contribution is -2.28. The zero-order chi connectivity index (χ0) is 23.5. The summed E-state index contributed by atoms with van der Waals surface area (Å²) in [6, 6.07) is 5.03.